The van der Waals surface area contributed by atoms with Gasteiger partial charge >= 0.3 is 5.97 Å². The summed E-state index contributed by atoms with van der Waals surface area (Å²) in [5, 5.41) is 23.4. The topological polar surface area (TPSA) is 95.9 Å². The monoisotopic (exact) mass is 1260 g/mol. The maximum absolute atomic E-state index is 12.6. The van der Waals surface area contributed by atoms with E-state index in [-0.39, 0.29) is 18.5 Å². The Hall–Kier alpha value is -2.18. The molecule has 0 aromatic heterocycles. The van der Waals surface area contributed by atoms with Crippen molar-refractivity contribution in [3.05, 3.63) is 48.6 Å². The van der Waals surface area contributed by atoms with E-state index >= 15 is 0 Å². The fourth-order valence-electron chi connectivity index (χ4n) is 12.9. The summed E-state index contributed by atoms with van der Waals surface area (Å²) in [6.07, 6.45) is 105. The van der Waals surface area contributed by atoms with Crippen LogP contribution in [0.15, 0.2) is 48.6 Å². The third kappa shape index (κ3) is 74.9. The van der Waals surface area contributed by atoms with Crippen LogP contribution in [0.5, 0.6) is 0 Å². The molecule has 0 aliphatic heterocycles. The van der Waals surface area contributed by atoms with Crippen LogP contribution in [-0.4, -0.2) is 47.4 Å². The van der Waals surface area contributed by atoms with Crippen molar-refractivity contribution in [2.45, 2.75) is 463 Å². The fraction of sp³-hybridized carbons (Fsp3) is 0.881. The lowest BCUT2D eigenvalue weighted by atomic mass is 10.0. The van der Waals surface area contributed by atoms with Crippen LogP contribution in [0, 0.1) is 0 Å². The van der Waals surface area contributed by atoms with Crippen molar-refractivity contribution in [2.75, 3.05) is 13.2 Å². The second kappa shape index (κ2) is 79.3. The highest BCUT2D eigenvalue weighted by Gasteiger charge is 2.20. The SMILES string of the molecule is CCCCCC/C=C\C/C=C\CCCCCCCCCC(=O)OCCCCCCCCCCCCC/C=C\C/C=C\CCCCCCCCCCCCCCCCCCCC(=O)NC(CO)C(O)CCCCCCCCCCCCCCCCCCCCCC. The molecule has 0 aliphatic rings. The number of aliphatic hydroxyl groups excluding tert-OH is 2. The van der Waals surface area contributed by atoms with E-state index in [1.165, 1.54) is 360 Å². The minimum absolute atomic E-state index is 0.00999. The normalized spacial score (nSPS) is 12.7. The molecule has 3 N–H and O–H groups in total. The summed E-state index contributed by atoms with van der Waals surface area (Å²) < 4.78 is 5.51. The average molecular weight is 1260 g/mol. The van der Waals surface area contributed by atoms with Crippen molar-refractivity contribution in [3.63, 3.8) is 0 Å². The van der Waals surface area contributed by atoms with Crippen LogP contribution in [0.2, 0.25) is 0 Å². The molecule has 6 nitrogen and oxygen atoms in total. The molecule has 0 saturated heterocycles. The number of esters is 1. The highest BCUT2D eigenvalue weighted by molar-refractivity contribution is 5.76. The van der Waals surface area contributed by atoms with Gasteiger partial charge in [-0.3, -0.25) is 9.59 Å². The van der Waals surface area contributed by atoms with E-state index in [0.29, 0.717) is 25.9 Å². The molecule has 0 aromatic rings. The quantitative estimate of drug-likeness (QED) is 0.0320. The van der Waals surface area contributed by atoms with E-state index in [2.05, 4.69) is 67.8 Å². The van der Waals surface area contributed by atoms with Gasteiger partial charge in [-0.2, -0.15) is 0 Å². The van der Waals surface area contributed by atoms with E-state index in [1.807, 2.05) is 0 Å². The maximum Gasteiger partial charge on any atom is 0.305 e. The van der Waals surface area contributed by atoms with Crippen molar-refractivity contribution in [1.29, 1.82) is 0 Å². The van der Waals surface area contributed by atoms with E-state index in [9.17, 15) is 19.8 Å². The Bertz CT molecular complexity index is 1500. The van der Waals surface area contributed by atoms with Gasteiger partial charge in [0.2, 0.25) is 5.91 Å². The average Bonchev–Trinajstić information content (AvgIpc) is 3.71. The number of allylic oxidation sites excluding steroid dienone is 8. The maximum atomic E-state index is 12.6. The summed E-state index contributed by atoms with van der Waals surface area (Å²) in [6.45, 7) is 4.98. The number of nitrogens with one attached hydrogen (secondary N) is 1. The standard InChI is InChI=1S/C84H159NO5/c1-3-5-7-9-11-13-15-17-19-21-23-41-44-48-52-56-60-64-68-72-76-82(87)81(80-86)85-83(88)77-73-69-65-61-57-53-49-45-42-39-37-35-33-31-29-27-25-24-26-28-30-32-34-36-38-40-43-47-51-55-59-63-67-71-75-79-90-84(89)78-74-70-66-62-58-54-50-46-22-20-18-16-14-12-10-8-6-4-2/h14,16,20,22,26,28,32,34,81-82,86-87H,3-13,15,17-19,21,23-25,27,29-31,33,35-80H2,1-2H3,(H,85,88)/b16-14-,22-20-,28-26-,34-32-. The second-order valence-electron chi connectivity index (χ2n) is 28.1. The molecule has 2 unspecified atom stereocenters. The Kier molecular flexibility index (Phi) is 77.3. The lowest BCUT2D eigenvalue weighted by Crippen LogP contribution is -2.45. The van der Waals surface area contributed by atoms with Crippen LogP contribution >= 0.6 is 0 Å². The third-order valence-electron chi connectivity index (χ3n) is 19.1. The molecule has 0 heterocycles. The summed E-state index contributed by atoms with van der Waals surface area (Å²) >= 11 is 0. The van der Waals surface area contributed by atoms with Gasteiger partial charge in [0.25, 0.3) is 0 Å². The zero-order chi connectivity index (χ0) is 64.9. The Morgan fingerprint density at radius 3 is 0.856 bits per heavy atom. The van der Waals surface area contributed by atoms with Crippen molar-refractivity contribution >= 4 is 11.9 Å². The highest BCUT2D eigenvalue weighted by Crippen LogP contribution is 2.20. The first-order chi connectivity index (χ1) is 44.5. The van der Waals surface area contributed by atoms with E-state index in [1.54, 1.807) is 0 Å². The summed E-state index contributed by atoms with van der Waals surface area (Å²) in [5.74, 6) is -0.0181. The van der Waals surface area contributed by atoms with Gasteiger partial charge in [0.1, 0.15) is 0 Å². The Morgan fingerprint density at radius 2 is 0.556 bits per heavy atom. The Balaban J connectivity index is 3.37. The van der Waals surface area contributed by atoms with Gasteiger partial charge in [0.05, 0.1) is 25.4 Å². The van der Waals surface area contributed by atoms with Crippen molar-refractivity contribution in [1.82, 2.24) is 5.32 Å². The lowest BCUT2D eigenvalue weighted by Gasteiger charge is -2.22. The molecule has 0 fully saturated rings. The Morgan fingerprint density at radius 1 is 0.311 bits per heavy atom. The van der Waals surface area contributed by atoms with Gasteiger partial charge in [-0.1, -0.05) is 396 Å². The van der Waals surface area contributed by atoms with Crippen LogP contribution in [0.25, 0.3) is 0 Å². The zero-order valence-electron chi connectivity index (χ0n) is 60.9. The molecule has 0 aliphatic carbocycles. The van der Waals surface area contributed by atoms with Gasteiger partial charge in [-0.05, 0) is 89.9 Å². The number of ether oxygens (including phenoxy) is 1. The first-order valence-corrected chi connectivity index (χ1v) is 40.9. The minimum atomic E-state index is -0.664. The number of carbonyl (C=O) groups is 2. The summed E-state index contributed by atoms with van der Waals surface area (Å²) in [5.41, 5.74) is 0. The number of aliphatic hydroxyl groups is 2. The highest BCUT2D eigenvalue weighted by atomic mass is 16.5. The van der Waals surface area contributed by atoms with Gasteiger partial charge < -0.3 is 20.3 Å². The van der Waals surface area contributed by atoms with Gasteiger partial charge in [-0.15, -0.1) is 0 Å². The molecule has 1 amide bonds. The molecular formula is C84H159NO5. The fourth-order valence-corrected chi connectivity index (χ4v) is 12.9. The molecule has 0 saturated carbocycles. The van der Waals surface area contributed by atoms with Gasteiger partial charge in [-0.25, -0.2) is 0 Å². The summed E-state index contributed by atoms with van der Waals surface area (Å²) in [6, 6.07) is -0.541. The number of hydrogen-bond acceptors (Lipinski definition) is 5. The number of carbonyl (C=O) groups excluding carboxylic acids is 2. The lowest BCUT2D eigenvalue weighted by molar-refractivity contribution is -0.143. The second-order valence-corrected chi connectivity index (χ2v) is 28.1. The number of unbranched alkanes of at least 4 members (excludes halogenated alkanes) is 58. The molecule has 90 heavy (non-hydrogen) atoms. The predicted molar refractivity (Wildman–Crippen MR) is 398 cm³/mol. The molecule has 530 valence electrons. The van der Waals surface area contributed by atoms with Crippen LogP contribution in [0.4, 0.5) is 0 Å². The van der Waals surface area contributed by atoms with Gasteiger partial charge in [0, 0.05) is 12.8 Å². The molecule has 0 bridgehead atoms. The molecule has 2 atom stereocenters. The number of amides is 1. The van der Waals surface area contributed by atoms with Crippen molar-refractivity contribution < 1.29 is 24.5 Å². The van der Waals surface area contributed by atoms with Crippen LogP contribution in [0.1, 0.15) is 450 Å². The van der Waals surface area contributed by atoms with E-state index < -0.39 is 12.1 Å². The largest absolute Gasteiger partial charge is 0.466 e. The molecule has 0 spiro atoms. The summed E-state index contributed by atoms with van der Waals surface area (Å²) in [7, 11) is 0. The van der Waals surface area contributed by atoms with Crippen LogP contribution < -0.4 is 5.32 Å². The minimum Gasteiger partial charge on any atom is -0.466 e. The molecule has 0 rings (SSSR count). The number of hydrogen-bond donors (Lipinski definition) is 3. The smallest absolute Gasteiger partial charge is 0.305 e. The van der Waals surface area contributed by atoms with Crippen molar-refractivity contribution in [2.24, 2.45) is 0 Å². The van der Waals surface area contributed by atoms with Crippen molar-refractivity contribution in [3.8, 4) is 0 Å². The van der Waals surface area contributed by atoms with Gasteiger partial charge in [0.15, 0.2) is 0 Å². The van der Waals surface area contributed by atoms with Crippen LogP contribution in [0.3, 0.4) is 0 Å². The molecule has 0 radical (unpaired) electrons. The van der Waals surface area contributed by atoms with E-state index in [0.717, 1.165) is 57.8 Å². The first kappa shape index (κ1) is 87.8. The first-order valence-electron chi connectivity index (χ1n) is 40.9. The molecular weight excluding hydrogens is 1100 g/mol. The molecule has 0 aromatic carbocycles. The third-order valence-corrected chi connectivity index (χ3v) is 19.1. The Labute approximate surface area is 563 Å². The molecule has 6 heteroatoms. The summed E-state index contributed by atoms with van der Waals surface area (Å²) in [4.78, 5) is 24.7. The van der Waals surface area contributed by atoms with E-state index in [4.69, 9.17) is 4.74 Å². The van der Waals surface area contributed by atoms with Crippen LogP contribution in [-0.2, 0) is 14.3 Å². The zero-order valence-corrected chi connectivity index (χ0v) is 60.9. The predicted octanol–water partition coefficient (Wildman–Crippen LogP) is 27.2. The number of rotatable bonds is 77.